The molecule has 0 N–H and O–H groups in total. The second-order valence-corrected chi connectivity index (χ2v) is 12.3. The number of rotatable bonds is 12. The minimum absolute atomic E-state index is 0. The van der Waals surface area contributed by atoms with E-state index in [9.17, 15) is 14.7 Å². The first-order chi connectivity index (χ1) is 19.3. The number of thioether (sulfide) groups is 1. The topological polar surface area (TPSA) is 70.1 Å². The maximum atomic E-state index is 12.2. The molecule has 1 aromatic heterocycles. The number of aliphatic carboxylic acids is 1. The van der Waals surface area contributed by atoms with Crippen molar-refractivity contribution in [3.63, 3.8) is 0 Å². The Labute approximate surface area is 272 Å². The summed E-state index contributed by atoms with van der Waals surface area (Å²) in [4.78, 5) is 28.2. The van der Waals surface area contributed by atoms with Gasteiger partial charge in [0.1, 0.15) is 0 Å². The molecule has 0 saturated heterocycles. The first kappa shape index (κ1) is 31.5. The Balaban J connectivity index is 0.00000387. The number of aromatic nitrogens is 1. The molecule has 4 aromatic rings. The Bertz CT molecular complexity index is 1580. The van der Waals surface area contributed by atoms with Crippen molar-refractivity contribution in [2.75, 3.05) is 5.75 Å². The molecule has 4 nitrogen and oxygen atoms in total. The van der Waals surface area contributed by atoms with Gasteiger partial charge in [0, 0.05) is 27.2 Å². The molecule has 0 spiro atoms. The fraction of sp³-hybridized carbons (Fsp3) is 0.265. The van der Waals surface area contributed by atoms with Gasteiger partial charge >= 0.3 is 29.6 Å². The van der Waals surface area contributed by atoms with Crippen LogP contribution in [0.4, 0.5) is 0 Å². The van der Waals surface area contributed by atoms with Crippen molar-refractivity contribution >= 4 is 58.2 Å². The summed E-state index contributed by atoms with van der Waals surface area (Å²) in [6, 6.07) is 26.0. The summed E-state index contributed by atoms with van der Waals surface area (Å²) in [7, 11) is 0. The number of fused-ring (bicyclic) bond motifs is 1. The second-order valence-electron chi connectivity index (χ2n) is 10.7. The molecule has 7 heteroatoms. The van der Waals surface area contributed by atoms with E-state index in [1.54, 1.807) is 6.92 Å². The minimum Gasteiger partial charge on any atom is -0.550 e. The zero-order valence-electron chi connectivity index (χ0n) is 23.4. The molecule has 1 aliphatic carbocycles. The fourth-order valence-electron chi connectivity index (χ4n) is 5.09. The van der Waals surface area contributed by atoms with Crippen LogP contribution >= 0.6 is 23.4 Å². The number of carbonyl (C=O) groups excluding carboxylic acids is 2. The number of carbonyl (C=O) groups is 2. The van der Waals surface area contributed by atoms with Gasteiger partial charge in [0.2, 0.25) is 0 Å². The van der Waals surface area contributed by atoms with Crippen molar-refractivity contribution in [1.82, 2.24) is 4.98 Å². The zero-order chi connectivity index (χ0) is 28.1. The normalized spacial score (nSPS) is 14.5. The van der Waals surface area contributed by atoms with E-state index in [0.29, 0.717) is 5.02 Å². The summed E-state index contributed by atoms with van der Waals surface area (Å²) in [5.41, 5.74) is 5.63. The predicted molar refractivity (Wildman–Crippen MR) is 163 cm³/mol. The Kier molecular flexibility index (Phi) is 10.9. The van der Waals surface area contributed by atoms with Crippen LogP contribution in [0, 0.1) is 5.41 Å². The largest absolute Gasteiger partial charge is 1.00 e. The van der Waals surface area contributed by atoms with Gasteiger partial charge in [-0.25, -0.2) is 4.98 Å². The summed E-state index contributed by atoms with van der Waals surface area (Å²) in [5, 5.41) is 13.2. The van der Waals surface area contributed by atoms with Crippen LogP contribution in [0.1, 0.15) is 70.6 Å². The van der Waals surface area contributed by atoms with E-state index in [4.69, 9.17) is 16.6 Å². The van der Waals surface area contributed by atoms with E-state index >= 15 is 0 Å². The number of hydrogen-bond acceptors (Lipinski definition) is 5. The predicted octanol–water partition coefficient (Wildman–Crippen LogP) is 4.59. The number of pyridine rings is 1. The van der Waals surface area contributed by atoms with Crippen LogP contribution in [0.5, 0.6) is 0 Å². The van der Waals surface area contributed by atoms with Gasteiger partial charge in [0.25, 0.3) is 0 Å². The van der Waals surface area contributed by atoms with Crippen molar-refractivity contribution in [2.45, 2.75) is 44.3 Å². The number of ketones is 1. The Morgan fingerprint density at radius 2 is 1.80 bits per heavy atom. The van der Waals surface area contributed by atoms with Gasteiger partial charge in [-0.3, -0.25) is 4.79 Å². The number of benzene rings is 3. The average Bonchev–Trinajstić information content (AvgIpc) is 3.70. The van der Waals surface area contributed by atoms with Crippen LogP contribution < -0.4 is 34.7 Å². The number of carboxylic acid groups (broad SMARTS) is 1. The zero-order valence-corrected chi connectivity index (χ0v) is 27.0. The molecule has 5 rings (SSSR count). The summed E-state index contributed by atoms with van der Waals surface area (Å²) in [6.07, 6.45) is 7.66. The molecule has 1 heterocycles. The molecule has 0 bridgehead atoms. The van der Waals surface area contributed by atoms with Gasteiger partial charge in [0.15, 0.2) is 5.78 Å². The molecule has 204 valence electrons. The molecule has 0 amide bonds. The van der Waals surface area contributed by atoms with Crippen molar-refractivity contribution in [3.05, 3.63) is 112 Å². The van der Waals surface area contributed by atoms with E-state index in [0.717, 1.165) is 64.7 Å². The first-order valence-electron chi connectivity index (χ1n) is 13.5. The number of aryl methyl sites for hydroxylation is 1. The summed E-state index contributed by atoms with van der Waals surface area (Å²) in [5.74, 6) is -0.118. The van der Waals surface area contributed by atoms with Crippen LogP contribution in [-0.2, 0) is 11.2 Å². The fourth-order valence-corrected chi connectivity index (χ4v) is 6.83. The van der Waals surface area contributed by atoms with E-state index in [-0.39, 0.29) is 52.4 Å². The third-order valence-electron chi connectivity index (χ3n) is 7.54. The first-order valence-corrected chi connectivity index (χ1v) is 15.0. The molecule has 41 heavy (non-hydrogen) atoms. The quantitative estimate of drug-likeness (QED) is 0.178. The summed E-state index contributed by atoms with van der Waals surface area (Å²) < 4.78 is 0. The van der Waals surface area contributed by atoms with Gasteiger partial charge in [-0.15, -0.1) is 0 Å². The van der Waals surface area contributed by atoms with Crippen molar-refractivity contribution in [3.8, 4) is 0 Å². The molecule has 1 fully saturated rings. The van der Waals surface area contributed by atoms with Crippen molar-refractivity contribution < 1.29 is 44.3 Å². The van der Waals surface area contributed by atoms with Gasteiger partial charge in [-0.1, -0.05) is 78.3 Å². The Morgan fingerprint density at radius 1 is 1.02 bits per heavy atom. The van der Waals surface area contributed by atoms with Crippen LogP contribution in [0.2, 0.25) is 5.02 Å². The molecule has 1 atom stereocenters. The molecule has 0 aliphatic heterocycles. The Hall–Kier alpha value is -2.41. The smallest absolute Gasteiger partial charge is 0.550 e. The minimum atomic E-state index is -0.971. The van der Waals surface area contributed by atoms with Crippen molar-refractivity contribution in [2.24, 2.45) is 5.41 Å². The van der Waals surface area contributed by atoms with E-state index in [1.165, 1.54) is 5.56 Å². The monoisotopic (exact) mass is 591 g/mol. The summed E-state index contributed by atoms with van der Waals surface area (Å²) in [6.45, 7) is 1.61. The number of Topliss-reactive ketones (excluding diaryl/α,β-unsaturated/α-hetero) is 1. The van der Waals surface area contributed by atoms with E-state index in [2.05, 4.69) is 30.3 Å². The standard InChI is InChI=1S/C34H32ClNO3S.Na/c1-23(37)30-8-3-2-6-25(30)12-16-32(40-22-34(17-18-34)21-33(38)39)27-7-4-5-24(19-27)9-14-29-15-11-26-10-13-28(35)20-31(26)36-29;/h2-11,13-15,19-20,32H,12,16-18,21-22H2,1H3,(H,38,39);/q;+1/p-1/b14-9+;. The number of halogens is 1. The molecule has 1 saturated carbocycles. The molecule has 0 radical (unpaired) electrons. The number of nitrogens with zero attached hydrogens (tertiary/aromatic N) is 1. The van der Waals surface area contributed by atoms with Gasteiger partial charge in [0.05, 0.1) is 11.2 Å². The molecular formula is C34H31ClNNaO3S. The number of carboxylic acids is 1. The van der Waals surface area contributed by atoms with Crippen LogP contribution in [-0.4, -0.2) is 22.5 Å². The van der Waals surface area contributed by atoms with Crippen LogP contribution in [0.3, 0.4) is 0 Å². The third kappa shape index (κ3) is 8.56. The molecule has 1 unspecified atom stereocenters. The van der Waals surface area contributed by atoms with Crippen LogP contribution in [0.15, 0.2) is 78.9 Å². The van der Waals surface area contributed by atoms with E-state index < -0.39 is 5.97 Å². The third-order valence-corrected chi connectivity index (χ3v) is 9.47. The maximum absolute atomic E-state index is 12.2. The molecule has 3 aromatic carbocycles. The second kappa shape index (κ2) is 14.2. The average molecular weight is 592 g/mol. The SMILES string of the molecule is CC(=O)c1ccccc1CCC(SCC1(CC(=O)[O-])CC1)c1cccc(/C=C/c2ccc3ccc(Cl)cc3n2)c1.[Na+]. The summed E-state index contributed by atoms with van der Waals surface area (Å²) >= 11 is 7.97. The number of hydrogen-bond donors (Lipinski definition) is 0. The molecular weight excluding hydrogens is 561 g/mol. The van der Waals surface area contributed by atoms with E-state index in [1.807, 2.05) is 72.4 Å². The van der Waals surface area contributed by atoms with Crippen LogP contribution in [0.25, 0.3) is 23.1 Å². The molecule has 1 aliphatic rings. The van der Waals surface area contributed by atoms with Gasteiger partial charge < -0.3 is 9.90 Å². The van der Waals surface area contributed by atoms with Crippen molar-refractivity contribution in [1.29, 1.82) is 0 Å². The maximum Gasteiger partial charge on any atom is 1.00 e. The van der Waals surface area contributed by atoms with Gasteiger partial charge in [-0.2, -0.15) is 11.8 Å². The Morgan fingerprint density at radius 3 is 2.56 bits per heavy atom. The van der Waals surface area contributed by atoms with Gasteiger partial charge in [-0.05, 0) is 91.2 Å².